The van der Waals surface area contributed by atoms with Crippen LogP contribution in [0.4, 0.5) is 5.13 Å². The number of hydrogen-bond acceptors (Lipinski definition) is 6. The highest BCUT2D eigenvalue weighted by atomic mass is 35.5. The van der Waals surface area contributed by atoms with Gasteiger partial charge in [-0.25, -0.2) is 4.98 Å². The molecule has 9 heteroatoms. The molecule has 0 aliphatic carbocycles. The van der Waals surface area contributed by atoms with Crippen LogP contribution in [0.2, 0.25) is 0 Å². The predicted molar refractivity (Wildman–Crippen MR) is 102 cm³/mol. The third-order valence-corrected chi connectivity index (χ3v) is 5.29. The molecule has 0 unspecified atom stereocenters. The van der Waals surface area contributed by atoms with E-state index in [1.54, 1.807) is 11.3 Å². The van der Waals surface area contributed by atoms with Gasteiger partial charge in [0, 0.05) is 25.7 Å². The lowest BCUT2D eigenvalue weighted by Crippen LogP contribution is -2.37. The number of rotatable bonds is 6. The van der Waals surface area contributed by atoms with Gasteiger partial charge in [0.15, 0.2) is 5.13 Å². The summed E-state index contributed by atoms with van der Waals surface area (Å²) in [5.41, 5.74) is 5.51. The lowest BCUT2D eigenvalue weighted by molar-refractivity contribution is 0.0945. The van der Waals surface area contributed by atoms with Crippen LogP contribution in [0, 0.1) is 0 Å². The van der Waals surface area contributed by atoms with Crippen LogP contribution in [0.3, 0.4) is 0 Å². The molecule has 2 rings (SSSR count). The maximum Gasteiger partial charge on any atom is 0.261 e. The van der Waals surface area contributed by atoms with Gasteiger partial charge in [-0.3, -0.25) is 4.79 Å². The summed E-state index contributed by atoms with van der Waals surface area (Å²) in [6.45, 7) is 8.45. The number of hydrogen-bond donors (Lipinski definition) is 2. The maximum absolute atomic E-state index is 12.0. The number of aromatic nitrogens is 1. The van der Waals surface area contributed by atoms with Crippen LogP contribution in [-0.4, -0.2) is 36.6 Å². The Morgan fingerprint density at radius 2 is 2.00 bits per heavy atom. The first-order valence-corrected chi connectivity index (χ1v) is 8.38. The van der Waals surface area contributed by atoms with E-state index in [4.69, 9.17) is 5.73 Å². The van der Waals surface area contributed by atoms with Crippen LogP contribution in [0.25, 0.3) is 9.53 Å². The summed E-state index contributed by atoms with van der Waals surface area (Å²) in [6.07, 6.45) is 0. The van der Waals surface area contributed by atoms with Gasteiger partial charge in [-0.05, 0) is 26.8 Å². The van der Waals surface area contributed by atoms with Crippen LogP contribution in [0.1, 0.15) is 30.4 Å². The van der Waals surface area contributed by atoms with Gasteiger partial charge in [-0.2, -0.15) is 0 Å². The van der Waals surface area contributed by atoms with E-state index in [1.165, 1.54) is 11.3 Å². The van der Waals surface area contributed by atoms with E-state index in [9.17, 15) is 4.79 Å². The fourth-order valence-electron chi connectivity index (χ4n) is 1.82. The molecule has 0 saturated carbocycles. The van der Waals surface area contributed by atoms with Crippen molar-refractivity contribution in [2.24, 2.45) is 5.73 Å². The average molecular weight is 385 g/mol. The number of amides is 1. The molecule has 126 valence electrons. The quantitative estimate of drug-likeness (QED) is 0.802. The van der Waals surface area contributed by atoms with Crippen LogP contribution in [-0.2, 0) is 0 Å². The first-order chi connectivity index (χ1) is 9.58. The second-order valence-electron chi connectivity index (χ2n) is 4.56. The molecule has 1 amide bonds. The van der Waals surface area contributed by atoms with Gasteiger partial charge in [0.05, 0.1) is 9.58 Å². The van der Waals surface area contributed by atoms with Crippen molar-refractivity contribution < 1.29 is 4.79 Å². The molecule has 0 fully saturated rings. The number of halogens is 2. The molecule has 0 aromatic carbocycles. The summed E-state index contributed by atoms with van der Waals surface area (Å²) in [6, 6.07) is 1.91. The van der Waals surface area contributed by atoms with Gasteiger partial charge in [0.2, 0.25) is 0 Å². The summed E-state index contributed by atoms with van der Waals surface area (Å²) in [4.78, 5) is 20.5. The van der Waals surface area contributed by atoms with Gasteiger partial charge < -0.3 is 16.0 Å². The lowest BCUT2D eigenvalue weighted by atomic mass is 10.3. The van der Waals surface area contributed by atoms with Crippen LogP contribution >= 0.6 is 47.5 Å². The molecule has 0 aliphatic rings. The molecule has 2 aromatic rings. The first-order valence-electron chi connectivity index (χ1n) is 6.75. The number of thiazole rings is 1. The molecule has 22 heavy (non-hydrogen) atoms. The zero-order chi connectivity index (χ0) is 14.7. The normalized spacial score (nSPS) is 11.5. The van der Waals surface area contributed by atoms with E-state index >= 15 is 0 Å². The van der Waals surface area contributed by atoms with Crippen molar-refractivity contribution in [3.05, 3.63) is 10.9 Å². The highest BCUT2D eigenvalue weighted by Gasteiger charge is 2.16. The van der Waals surface area contributed by atoms with E-state index in [0.29, 0.717) is 11.4 Å². The number of anilines is 1. The van der Waals surface area contributed by atoms with Crippen molar-refractivity contribution in [3.63, 3.8) is 0 Å². The van der Waals surface area contributed by atoms with Gasteiger partial charge in [0.25, 0.3) is 5.91 Å². The largest absolute Gasteiger partial charge is 0.349 e. The van der Waals surface area contributed by atoms with E-state index in [0.717, 1.165) is 27.8 Å². The summed E-state index contributed by atoms with van der Waals surface area (Å²) < 4.78 is 1.07. The minimum absolute atomic E-state index is 0. The molecule has 0 bridgehead atoms. The molecular weight excluding hydrogens is 363 g/mol. The summed E-state index contributed by atoms with van der Waals surface area (Å²) >= 11 is 3.07. The number of fused-ring (bicyclic) bond motifs is 1. The van der Waals surface area contributed by atoms with Crippen molar-refractivity contribution >= 4 is 68.1 Å². The monoisotopic (exact) mass is 384 g/mol. The lowest BCUT2D eigenvalue weighted by Gasteiger charge is -2.16. The standard InChI is InChI=1S/C13H20N4OS2.2ClH/c1-4-17(5-2)13-16-12-10(20-13)6-9(19-12)11(18)15-8(3)7-14;;/h6,8H,4-5,7,14H2,1-3H3,(H,15,18);2*1H/t8-;;/m0../s1. The molecule has 0 aliphatic heterocycles. The van der Waals surface area contributed by atoms with Crippen molar-refractivity contribution in [1.29, 1.82) is 0 Å². The Morgan fingerprint density at radius 1 is 1.36 bits per heavy atom. The number of nitrogens with zero attached hydrogens (tertiary/aromatic N) is 2. The van der Waals surface area contributed by atoms with Crippen molar-refractivity contribution in [3.8, 4) is 0 Å². The molecular formula is C13H22Cl2N4OS2. The van der Waals surface area contributed by atoms with Gasteiger partial charge in [-0.15, -0.1) is 36.2 Å². The third-order valence-electron chi connectivity index (χ3n) is 3.07. The second-order valence-corrected chi connectivity index (χ2v) is 6.60. The number of nitrogens with two attached hydrogens (primary N) is 1. The smallest absolute Gasteiger partial charge is 0.261 e. The molecule has 5 nitrogen and oxygen atoms in total. The number of carbonyl (C=O) groups is 1. The molecule has 2 heterocycles. The Labute approximate surface area is 151 Å². The zero-order valence-corrected chi connectivity index (χ0v) is 16.1. The molecule has 3 N–H and O–H groups in total. The van der Waals surface area contributed by atoms with E-state index in [1.807, 2.05) is 13.0 Å². The molecule has 1 atom stereocenters. The SMILES string of the molecule is CCN(CC)c1nc2sc(C(=O)N[C@@H](C)CN)cc2s1.Cl.Cl. The third kappa shape index (κ3) is 4.70. The number of thiophene rings is 1. The topological polar surface area (TPSA) is 71.2 Å². The molecule has 0 spiro atoms. The van der Waals surface area contributed by atoms with Gasteiger partial charge in [-0.1, -0.05) is 11.3 Å². The summed E-state index contributed by atoms with van der Waals surface area (Å²) in [5.74, 6) is -0.0671. The highest BCUT2D eigenvalue weighted by Crippen LogP contribution is 2.34. The molecule has 0 radical (unpaired) electrons. The van der Waals surface area contributed by atoms with E-state index < -0.39 is 0 Å². The predicted octanol–water partition coefficient (Wildman–Crippen LogP) is 3.12. The van der Waals surface area contributed by atoms with Gasteiger partial charge in [0.1, 0.15) is 4.83 Å². The Morgan fingerprint density at radius 3 is 2.50 bits per heavy atom. The van der Waals surface area contributed by atoms with Crippen LogP contribution in [0.5, 0.6) is 0 Å². The average Bonchev–Trinajstić information content (AvgIpc) is 2.98. The molecule has 0 saturated heterocycles. The molecule has 2 aromatic heterocycles. The minimum atomic E-state index is -0.0671. The Kier molecular flexibility index (Phi) is 9.26. The fourth-order valence-corrected chi connectivity index (χ4v) is 4.06. The minimum Gasteiger partial charge on any atom is -0.349 e. The summed E-state index contributed by atoms with van der Waals surface area (Å²) in [5, 5.41) is 3.90. The van der Waals surface area contributed by atoms with Crippen LogP contribution < -0.4 is 16.0 Å². The number of nitrogens with one attached hydrogen (secondary N) is 1. The maximum atomic E-state index is 12.0. The fraction of sp³-hybridized carbons (Fsp3) is 0.538. The van der Waals surface area contributed by atoms with E-state index in [2.05, 4.69) is 29.0 Å². The highest BCUT2D eigenvalue weighted by molar-refractivity contribution is 7.29. The second kappa shape index (κ2) is 9.52. The Bertz CT molecular complexity index is 566. The van der Waals surface area contributed by atoms with Crippen molar-refractivity contribution in [1.82, 2.24) is 10.3 Å². The zero-order valence-electron chi connectivity index (χ0n) is 12.8. The Balaban J connectivity index is 0.00000220. The van der Waals surface area contributed by atoms with Gasteiger partial charge >= 0.3 is 0 Å². The van der Waals surface area contributed by atoms with Crippen molar-refractivity contribution in [2.75, 3.05) is 24.5 Å². The Hall–Kier alpha value is -0.600. The first kappa shape index (κ1) is 21.4. The summed E-state index contributed by atoms with van der Waals surface area (Å²) in [7, 11) is 0. The number of carbonyl (C=O) groups excluding carboxylic acids is 1. The van der Waals surface area contributed by atoms with E-state index in [-0.39, 0.29) is 36.8 Å². The van der Waals surface area contributed by atoms with Crippen LogP contribution in [0.15, 0.2) is 6.07 Å². The van der Waals surface area contributed by atoms with Crippen molar-refractivity contribution in [2.45, 2.75) is 26.8 Å².